The van der Waals surface area contributed by atoms with Crippen LogP contribution >= 0.6 is 15.9 Å². The molecule has 4 nitrogen and oxygen atoms in total. The molecule has 2 aromatic rings. The highest BCUT2D eigenvalue weighted by atomic mass is 79.9. The lowest BCUT2D eigenvalue weighted by atomic mass is 10.2. The number of carboxylic acid groups (broad SMARTS) is 1. The van der Waals surface area contributed by atoms with Gasteiger partial charge >= 0.3 is 5.97 Å². The number of hydrogen-bond donors (Lipinski definition) is 1. The predicted octanol–water partition coefficient (Wildman–Crippen LogP) is 4.08. The standard InChI is InChI=1S/C14H15BrO4/c15-6-2-1-3-7-18-11-4-5-12-10(8-11)9-13(19-12)14(16)17/h4-5,8-9H,1-3,6-7H2,(H,16,17). The van der Waals surface area contributed by atoms with Gasteiger partial charge in [0.25, 0.3) is 0 Å². The number of benzene rings is 1. The summed E-state index contributed by atoms with van der Waals surface area (Å²) >= 11 is 3.39. The highest BCUT2D eigenvalue weighted by Gasteiger charge is 2.10. The molecule has 1 aromatic carbocycles. The number of carboxylic acids is 1. The molecule has 0 fully saturated rings. The largest absolute Gasteiger partial charge is 0.494 e. The summed E-state index contributed by atoms with van der Waals surface area (Å²) < 4.78 is 10.8. The van der Waals surface area contributed by atoms with Crippen molar-refractivity contribution in [1.82, 2.24) is 0 Å². The second kappa shape index (κ2) is 6.61. The van der Waals surface area contributed by atoms with E-state index in [-0.39, 0.29) is 5.76 Å². The minimum atomic E-state index is -1.06. The van der Waals surface area contributed by atoms with E-state index in [0.717, 1.165) is 35.7 Å². The number of carbonyl (C=O) groups is 1. The quantitative estimate of drug-likeness (QED) is 0.615. The van der Waals surface area contributed by atoms with Crippen LogP contribution in [0.2, 0.25) is 0 Å². The van der Waals surface area contributed by atoms with Gasteiger partial charge in [-0.1, -0.05) is 15.9 Å². The summed E-state index contributed by atoms with van der Waals surface area (Å²) in [5.41, 5.74) is 0.559. The van der Waals surface area contributed by atoms with E-state index in [0.29, 0.717) is 12.2 Å². The van der Waals surface area contributed by atoms with Gasteiger partial charge in [0.15, 0.2) is 0 Å². The number of ether oxygens (including phenoxy) is 1. The summed E-state index contributed by atoms with van der Waals surface area (Å²) in [6, 6.07) is 6.84. The van der Waals surface area contributed by atoms with Gasteiger partial charge in [-0.15, -0.1) is 0 Å². The number of unbranched alkanes of at least 4 members (excludes halogenated alkanes) is 2. The summed E-state index contributed by atoms with van der Waals surface area (Å²) in [7, 11) is 0. The Kier molecular flexibility index (Phi) is 4.85. The van der Waals surface area contributed by atoms with Crippen LogP contribution in [0, 0.1) is 0 Å². The summed E-state index contributed by atoms with van der Waals surface area (Å²) in [4.78, 5) is 10.8. The second-order valence-electron chi connectivity index (χ2n) is 4.21. The fourth-order valence-electron chi connectivity index (χ4n) is 1.78. The van der Waals surface area contributed by atoms with Crippen LogP contribution in [0.25, 0.3) is 11.0 Å². The smallest absolute Gasteiger partial charge is 0.371 e. The van der Waals surface area contributed by atoms with Crippen molar-refractivity contribution < 1.29 is 19.1 Å². The van der Waals surface area contributed by atoms with E-state index in [2.05, 4.69) is 15.9 Å². The van der Waals surface area contributed by atoms with Gasteiger partial charge in [-0.3, -0.25) is 0 Å². The summed E-state index contributed by atoms with van der Waals surface area (Å²) in [5, 5.41) is 10.6. The van der Waals surface area contributed by atoms with Gasteiger partial charge in [0.2, 0.25) is 5.76 Å². The number of fused-ring (bicyclic) bond motifs is 1. The molecule has 0 saturated carbocycles. The third-order valence-electron chi connectivity index (χ3n) is 2.75. The zero-order chi connectivity index (χ0) is 13.7. The van der Waals surface area contributed by atoms with Crippen LogP contribution in [0.15, 0.2) is 28.7 Å². The lowest BCUT2D eigenvalue weighted by Gasteiger charge is -2.05. The van der Waals surface area contributed by atoms with Crippen molar-refractivity contribution >= 4 is 32.9 Å². The van der Waals surface area contributed by atoms with Gasteiger partial charge in [-0.25, -0.2) is 4.79 Å². The first-order valence-corrected chi connectivity index (χ1v) is 7.28. The van der Waals surface area contributed by atoms with Crippen molar-refractivity contribution in [1.29, 1.82) is 0 Å². The zero-order valence-corrected chi connectivity index (χ0v) is 12.0. The molecule has 0 aliphatic heterocycles. The van der Waals surface area contributed by atoms with Crippen LogP contribution in [0.4, 0.5) is 0 Å². The van der Waals surface area contributed by atoms with E-state index in [1.54, 1.807) is 18.2 Å². The minimum absolute atomic E-state index is 0.0514. The Balaban J connectivity index is 1.98. The van der Waals surface area contributed by atoms with E-state index >= 15 is 0 Å². The molecule has 0 atom stereocenters. The molecular weight excluding hydrogens is 312 g/mol. The van der Waals surface area contributed by atoms with E-state index < -0.39 is 5.97 Å². The Morgan fingerprint density at radius 2 is 2.11 bits per heavy atom. The van der Waals surface area contributed by atoms with Crippen LogP contribution in [-0.2, 0) is 0 Å². The lowest BCUT2D eigenvalue weighted by molar-refractivity contribution is 0.0665. The van der Waals surface area contributed by atoms with Crippen LogP contribution in [0.1, 0.15) is 29.8 Å². The number of furan rings is 1. The second-order valence-corrected chi connectivity index (χ2v) is 5.01. The van der Waals surface area contributed by atoms with Crippen LogP contribution in [0.3, 0.4) is 0 Å². The zero-order valence-electron chi connectivity index (χ0n) is 10.4. The normalized spacial score (nSPS) is 10.8. The van der Waals surface area contributed by atoms with Gasteiger partial charge in [0.1, 0.15) is 11.3 Å². The molecule has 0 spiro atoms. The highest BCUT2D eigenvalue weighted by molar-refractivity contribution is 9.09. The average molecular weight is 327 g/mol. The van der Waals surface area contributed by atoms with Crippen molar-refractivity contribution in [3.05, 3.63) is 30.0 Å². The molecule has 0 bridgehead atoms. The Bertz CT molecular complexity index is 562. The molecular formula is C14H15BrO4. The molecule has 1 N–H and O–H groups in total. The van der Waals surface area contributed by atoms with Gasteiger partial charge < -0.3 is 14.3 Å². The number of aromatic carboxylic acids is 1. The third-order valence-corrected chi connectivity index (χ3v) is 3.31. The topological polar surface area (TPSA) is 59.7 Å². The Labute approximate surface area is 119 Å². The highest BCUT2D eigenvalue weighted by Crippen LogP contribution is 2.24. The van der Waals surface area contributed by atoms with E-state index in [1.807, 2.05) is 0 Å². The average Bonchev–Trinajstić information content (AvgIpc) is 2.82. The van der Waals surface area contributed by atoms with E-state index in [1.165, 1.54) is 6.07 Å². The first-order valence-electron chi connectivity index (χ1n) is 6.16. The first-order chi connectivity index (χ1) is 9.20. The van der Waals surface area contributed by atoms with Crippen LogP contribution < -0.4 is 4.74 Å². The molecule has 1 aromatic heterocycles. The van der Waals surface area contributed by atoms with Crippen molar-refractivity contribution in [3.63, 3.8) is 0 Å². The number of alkyl halides is 1. The summed E-state index contributed by atoms with van der Waals surface area (Å²) in [5.74, 6) is -0.373. The maximum atomic E-state index is 10.8. The maximum Gasteiger partial charge on any atom is 0.371 e. The fraction of sp³-hybridized carbons (Fsp3) is 0.357. The molecule has 0 aliphatic rings. The van der Waals surface area contributed by atoms with Gasteiger partial charge in [-0.2, -0.15) is 0 Å². The van der Waals surface area contributed by atoms with E-state index in [9.17, 15) is 4.79 Å². The Morgan fingerprint density at radius 1 is 1.26 bits per heavy atom. The molecule has 0 radical (unpaired) electrons. The fourth-order valence-corrected chi connectivity index (χ4v) is 2.18. The predicted molar refractivity (Wildman–Crippen MR) is 76.3 cm³/mol. The van der Waals surface area contributed by atoms with Crippen molar-refractivity contribution in [2.24, 2.45) is 0 Å². The molecule has 0 saturated heterocycles. The molecule has 0 aliphatic carbocycles. The van der Waals surface area contributed by atoms with E-state index in [4.69, 9.17) is 14.3 Å². The minimum Gasteiger partial charge on any atom is -0.494 e. The Hall–Kier alpha value is -1.49. The first kappa shape index (κ1) is 13.9. The van der Waals surface area contributed by atoms with Gasteiger partial charge in [0.05, 0.1) is 6.61 Å². The molecule has 2 rings (SSSR count). The molecule has 102 valence electrons. The maximum absolute atomic E-state index is 10.8. The summed E-state index contributed by atoms with van der Waals surface area (Å²) in [6.45, 7) is 0.669. The molecule has 0 amide bonds. The van der Waals surface area contributed by atoms with Crippen molar-refractivity contribution in [2.45, 2.75) is 19.3 Å². The van der Waals surface area contributed by atoms with Gasteiger partial charge in [-0.05, 0) is 43.5 Å². The van der Waals surface area contributed by atoms with Gasteiger partial charge in [0, 0.05) is 10.7 Å². The Morgan fingerprint density at radius 3 is 2.84 bits per heavy atom. The summed E-state index contributed by atoms with van der Waals surface area (Å²) in [6.07, 6.45) is 3.28. The molecule has 19 heavy (non-hydrogen) atoms. The lowest BCUT2D eigenvalue weighted by Crippen LogP contribution is -1.97. The SMILES string of the molecule is O=C(O)c1cc2cc(OCCCCCBr)ccc2o1. The monoisotopic (exact) mass is 326 g/mol. The molecule has 1 heterocycles. The van der Waals surface area contributed by atoms with Crippen molar-refractivity contribution in [3.8, 4) is 5.75 Å². The number of hydrogen-bond acceptors (Lipinski definition) is 3. The third kappa shape index (κ3) is 3.73. The number of rotatable bonds is 7. The number of halogens is 1. The molecule has 5 heteroatoms. The van der Waals surface area contributed by atoms with Crippen LogP contribution in [0.5, 0.6) is 5.75 Å². The van der Waals surface area contributed by atoms with Crippen molar-refractivity contribution in [2.75, 3.05) is 11.9 Å². The van der Waals surface area contributed by atoms with Crippen LogP contribution in [-0.4, -0.2) is 23.0 Å². The molecule has 0 unspecified atom stereocenters.